The molecule has 0 bridgehead atoms. The molecule has 0 spiro atoms. The van der Waals surface area contributed by atoms with Crippen LogP contribution in [0.4, 0.5) is 0 Å². The maximum absolute atomic E-state index is 12.4. The number of rotatable bonds is 3. The van der Waals surface area contributed by atoms with Crippen molar-refractivity contribution in [3.63, 3.8) is 0 Å². The zero-order valence-electron chi connectivity index (χ0n) is 10.9. The normalized spacial score (nSPS) is 12.5. The average Bonchev–Trinajstić information content (AvgIpc) is 2.66. The van der Waals surface area contributed by atoms with Crippen molar-refractivity contribution < 1.29 is 4.79 Å². The molecule has 100 valence electrons. The highest BCUT2D eigenvalue weighted by molar-refractivity contribution is 9.10. The number of hydrogen-bond acceptors (Lipinski definition) is 2. The molecule has 0 N–H and O–H groups in total. The van der Waals surface area contributed by atoms with E-state index in [1.165, 1.54) is 0 Å². The predicted octanol–water partition coefficient (Wildman–Crippen LogP) is 4.36. The zero-order valence-corrected chi connectivity index (χ0v) is 13.3. The first kappa shape index (κ1) is 14.3. The summed E-state index contributed by atoms with van der Waals surface area (Å²) in [5.74, 6) is 0.0229. The Kier molecular flexibility index (Phi) is 4.11. The van der Waals surface area contributed by atoms with Crippen LogP contribution in [-0.2, 0) is 0 Å². The first-order chi connectivity index (χ1) is 8.91. The lowest BCUT2D eigenvalue weighted by molar-refractivity contribution is 0.0926. The van der Waals surface area contributed by atoms with E-state index in [-0.39, 0.29) is 11.8 Å². The van der Waals surface area contributed by atoms with Gasteiger partial charge in [-0.2, -0.15) is 5.10 Å². The van der Waals surface area contributed by atoms with E-state index in [2.05, 4.69) is 21.0 Å². The van der Waals surface area contributed by atoms with Gasteiger partial charge in [0.25, 0.3) is 0 Å². The summed E-state index contributed by atoms with van der Waals surface area (Å²) < 4.78 is 2.63. The molecule has 0 aliphatic carbocycles. The van der Waals surface area contributed by atoms with E-state index in [1.54, 1.807) is 16.8 Å². The van der Waals surface area contributed by atoms with Gasteiger partial charge in [-0.25, -0.2) is 0 Å². The first-order valence-corrected chi connectivity index (χ1v) is 7.10. The SMILES string of the molecule is Cc1nn(C(C)C(=O)c2ccc(Br)cc2)c(C)c1Cl. The Labute approximate surface area is 125 Å². The molecule has 0 aliphatic rings. The minimum Gasteiger partial charge on any atom is -0.292 e. The van der Waals surface area contributed by atoms with E-state index in [1.807, 2.05) is 32.9 Å². The van der Waals surface area contributed by atoms with Crippen LogP contribution < -0.4 is 0 Å². The van der Waals surface area contributed by atoms with Gasteiger partial charge in [0.1, 0.15) is 6.04 Å². The molecule has 5 heteroatoms. The van der Waals surface area contributed by atoms with Crippen LogP contribution in [0.25, 0.3) is 0 Å². The van der Waals surface area contributed by atoms with Crippen LogP contribution in [0.3, 0.4) is 0 Å². The summed E-state index contributed by atoms with van der Waals surface area (Å²) >= 11 is 9.47. The molecule has 0 amide bonds. The first-order valence-electron chi connectivity index (χ1n) is 5.92. The highest BCUT2D eigenvalue weighted by Gasteiger charge is 2.21. The Hall–Kier alpha value is -1.13. The Morgan fingerprint density at radius 3 is 2.37 bits per heavy atom. The van der Waals surface area contributed by atoms with Crippen molar-refractivity contribution in [3.05, 3.63) is 50.7 Å². The summed E-state index contributed by atoms with van der Waals surface area (Å²) in [5.41, 5.74) is 2.23. The van der Waals surface area contributed by atoms with E-state index in [4.69, 9.17) is 11.6 Å². The van der Waals surface area contributed by atoms with Crippen LogP contribution in [0.15, 0.2) is 28.7 Å². The average molecular weight is 342 g/mol. The molecule has 1 aromatic heterocycles. The van der Waals surface area contributed by atoms with Crippen LogP contribution in [-0.4, -0.2) is 15.6 Å². The summed E-state index contributed by atoms with van der Waals surface area (Å²) in [5, 5.41) is 4.95. The van der Waals surface area contributed by atoms with Crippen molar-refractivity contribution in [2.45, 2.75) is 26.8 Å². The second-order valence-electron chi connectivity index (χ2n) is 4.48. The second kappa shape index (κ2) is 5.47. The molecule has 0 fully saturated rings. The largest absolute Gasteiger partial charge is 0.292 e. The number of nitrogens with zero attached hydrogens (tertiary/aromatic N) is 2. The van der Waals surface area contributed by atoms with Gasteiger partial charge in [-0.15, -0.1) is 0 Å². The van der Waals surface area contributed by atoms with E-state index >= 15 is 0 Å². The molecule has 0 saturated heterocycles. The lowest BCUT2D eigenvalue weighted by atomic mass is 10.1. The summed E-state index contributed by atoms with van der Waals surface area (Å²) in [6, 6.07) is 6.95. The number of hydrogen-bond donors (Lipinski definition) is 0. The summed E-state index contributed by atoms with van der Waals surface area (Å²) in [6.45, 7) is 5.54. The van der Waals surface area contributed by atoms with Gasteiger partial charge in [0.05, 0.1) is 16.4 Å². The molecule has 2 aromatic rings. The number of carbonyl (C=O) groups is 1. The standard InChI is InChI=1S/C14H14BrClN2O/c1-8-13(16)9(2)18(17-8)10(3)14(19)11-4-6-12(15)7-5-11/h4-7,10H,1-3H3. The van der Waals surface area contributed by atoms with Crippen LogP contribution in [0, 0.1) is 13.8 Å². The van der Waals surface area contributed by atoms with Crippen molar-refractivity contribution in [1.82, 2.24) is 9.78 Å². The number of halogens is 2. The molecule has 0 aliphatic heterocycles. The van der Waals surface area contributed by atoms with Crippen molar-refractivity contribution in [2.24, 2.45) is 0 Å². The molecular weight excluding hydrogens is 328 g/mol. The monoisotopic (exact) mass is 340 g/mol. The summed E-state index contributed by atoms with van der Waals surface area (Å²) in [6.07, 6.45) is 0. The van der Waals surface area contributed by atoms with Gasteiger partial charge in [0, 0.05) is 10.0 Å². The van der Waals surface area contributed by atoms with Gasteiger partial charge in [-0.3, -0.25) is 9.48 Å². The van der Waals surface area contributed by atoms with E-state index in [0.717, 1.165) is 15.9 Å². The molecular formula is C14H14BrClN2O. The molecule has 0 saturated carbocycles. The highest BCUT2D eigenvalue weighted by atomic mass is 79.9. The minimum absolute atomic E-state index is 0.0229. The third-order valence-corrected chi connectivity index (χ3v) is 4.19. The molecule has 19 heavy (non-hydrogen) atoms. The fourth-order valence-corrected chi connectivity index (χ4v) is 2.38. The van der Waals surface area contributed by atoms with Gasteiger partial charge in [0.2, 0.25) is 0 Å². The van der Waals surface area contributed by atoms with E-state index in [0.29, 0.717) is 10.6 Å². The minimum atomic E-state index is -0.368. The maximum Gasteiger partial charge on any atom is 0.187 e. The van der Waals surface area contributed by atoms with Crippen molar-refractivity contribution in [2.75, 3.05) is 0 Å². The Morgan fingerprint density at radius 1 is 1.32 bits per heavy atom. The molecule has 1 heterocycles. The molecule has 1 aromatic carbocycles. The number of carbonyl (C=O) groups excluding carboxylic acids is 1. The highest BCUT2D eigenvalue weighted by Crippen LogP contribution is 2.24. The molecule has 0 radical (unpaired) electrons. The zero-order chi connectivity index (χ0) is 14.2. The van der Waals surface area contributed by atoms with Crippen LogP contribution in [0.2, 0.25) is 5.02 Å². The smallest absolute Gasteiger partial charge is 0.187 e. The Balaban J connectivity index is 2.33. The summed E-state index contributed by atoms with van der Waals surface area (Å²) in [4.78, 5) is 12.4. The molecule has 1 unspecified atom stereocenters. The molecule has 1 atom stereocenters. The number of Topliss-reactive ketones (excluding diaryl/α,β-unsaturated/α-hetero) is 1. The molecule has 2 rings (SSSR count). The fourth-order valence-electron chi connectivity index (χ4n) is 1.99. The fraction of sp³-hybridized carbons (Fsp3) is 0.286. The van der Waals surface area contributed by atoms with Gasteiger partial charge < -0.3 is 0 Å². The third kappa shape index (κ3) is 2.74. The van der Waals surface area contributed by atoms with Crippen molar-refractivity contribution in [1.29, 1.82) is 0 Å². The van der Waals surface area contributed by atoms with Crippen LogP contribution >= 0.6 is 27.5 Å². The number of aromatic nitrogens is 2. The third-order valence-electron chi connectivity index (χ3n) is 3.11. The number of benzene rings is 1. The molecule has 3 nitrogen and oxygen atoms in total. The lowest BCUT2D eigenvalue weighted by Crippen LogP contribution is -2.19. The van der Waals surface area contributed by atoms with Gasteiger partial charge in [-0.1, -0.05) is 39.7 Å². The van der Waals surface area contributed by atoms with Gasteiger partial charge in [0.15, 0.2) is 5.78 Å². The summed E-state index contributed by atoms with van der Waals surface area (Å²) in [7, 11) is 0. The van der Waals surface area contributed by atoms with E-state index < -0.39 is 0 Å². The van der Waals surface area contributed by atoms with Gasteiger partial charge >= 0.3 is 0 Å². The lowest BCUT2D eigenvalue weighted by Gasteiger charge is -2.13. The number of aryl methyl sites for hydroxylation is 1. The number of ketones is 1. The van der Waals surface area contributed by atoms with Crippen LogP contribution in [0.5, 0.6) is 0 Å². The topological polar surface area (TPSA) is 34.9 Å². The maximum atomic E-state index is 12.4. The van der Waals surface area contributed by atoms with Crippen molar-refractivity contribution in [3.8, 4) is 0 Å². The Morgan fingerprint density at radius 2 is 1.89 bits per heavy atom. The predicted molar refractivity (Wildman–Crippen MR) is 79.9 cm³/mol. The van der Waals surface area contributed by atoms with Crippen molar-refractivity contribution >= 4 is 33.3 Å². The van der Waals surface area contributed by atoms with Crippen LogP contribution in [0.1, 0.15) is 34.7 Å². The van der Waals surface area contributed by atoms with Gasteiger partial charge in [-0.05, 0) is 32.9 Å². The Bertz CT molecular complexity index is 619. The second-order valence-corrected chi connectivity index (χ2v) is 5.77. The van der Waals surface area contributed by atoms with E-state index in [9.17, 15) is 4.79 Å². The quantitative estimate of drug-likeness (QED) is 0.777.